The third-order valence-corrected chi connectivity index (χ3v) is 2.12. The van der Waals surface area contributed by atoms with Gasteiger partial charge >= 0.3 is 0 Å². The molecule has 0 aromatic carbocycles. The van der Waals surface area contributed by atoms with Crippen LogP contribution < -0.4 is 11.3 Å². The number of nitrogens with two attached hydrogens (primary N) is 1. The summed E-state index contributed by atoms with van der Waals surface area (Å²) < 4.78 is 0. The number of pyridine rings is 1. The minimum Gasteiger partial charge on any atom is -0.271 e. The van der Waals surface area contributed by atoms with Crippen molar-refractivity contribution in [3.8, 4) is 0 Å². The summed E-state index contributed by atoms with van der Waals surface area (Å²) in [4.78, 5) is 11.9. The Balaban J connectivity index is 2.34. The van der Waals surface area contributed by atoms with E-state index in [0.717, 1.165) is 11.1 Å². The van der Waals surface area contributed by atoms with Crippen LogP contribution in [0.1, 0.15) is 17.2 Å². The van der Waals surface area contributed by atoms with Gasteiger partial charge < -0.3 is 0 Å². The molecule has 0 saturated heterocycles. The van der Waals surface area contributed by atoms with Gasteiger partial charge in [0.05, 0.1) is 6.04 Å². The van der Waals surface area contributed by atoms with Gasteiger partial charge in [-0.3, -0.25) is 10.8 Å². The first-order valence-corrected chi connectivity index (χ1v) is 4.53. The van der Waals surface area contributed by atoms with E-state index in [9.17, 15) is 0 Å². The largest absolute Gasteiger partial charge is 0.271 e. The van der Waals surface area contributed by atoms with E-state index in [0.29, 0.717) is 0 Å². The Morgan fingerprint density at radius 1 is 1.00 bits per heavy atom. The first-order valence-electron chi connectivity index (χ1n) is 4.53. The zero-order valence-electron chi connectivity index (χ0n) is 8.04. The molecule has 2 aromatic rings. The van der Waals surface area contributed by atoms with Gasteiger partial charge in [0.2, 0.25) is 0 Å². The molecule has 0 aliphatic carbocycles. The molecule has 0 saturated carbocycles. The SMILES string of the molecule is NNC(c1ccncc1)c1cncnc1. The molecular formula is C10H11N5. The fourth-order valence-corrected chi connectivity index (χ4v) is 1.40. The van der Waals surface area contributed by atoms with Crippen LogP contribution in [0, 0.1) is 0 Å². The Morgan fingerprint density at radius 3 is 2.27 bits per heavy atom. The van der Waals surface area contributed by atoms with Gasteiger partial charge in [-0.25, -0.2) is 15.4 Å². The highest BCUT2D eigenvalue weighted by atomic mass is 15.2. The summed E-state index contributed by atoms with van der Waals surface area (Å²) in [5.74, 6) is 5.51. The third kappa shape index (κ3) is 2.15. The van der Waals surface area contributed by atoms with Crippen molar-refractivity contribution in [1.29, 1.82) is 0 Å². The van der Waals surface area contributed by atoms with Crippen LogP contribution in [0.25, 0.3) is 0 Å². The van der Waals surface area contributed by atoms with E-state index in [-0.39, 0.29) is 6.04 Å². The second-order valence-electron chi connectivity index (χ2n) is 3.05. The van der Waals surface area contributed by atoms with Crippen molar-refractivity contribution in [2.75, 3.05) is 0 Å². The van der Waals surface area contributed by atoms with Crippen molar-refractivity contribution in [1.82, 2.24) is 20.4 Å². The second kappa shape index (κ2) is 4.59. The van der Waals surface area contributed by atoms with Crippen LogP contribution in [-0.4, -0.2) is 15.0 Å². The second-order valence-corrected chi connectivity index (χ2v) is 3.05. The van der Waals surface area contributed by atoms with Crippen molar-refractivity contribution in [2.24, 2.45) is 5.84 Å². The van der Waals surface area contributed by atoms with E-state index in [1.165, 1.54) is 6.33 Å². The van der Waals surface area contributed by atoms with Crippen molar-refractivity contribution >= 4 is 0 Å². The van der Waals surface area contributed by atoms with E-state index in [1.807, 2.05) is 12.1 Å². The summed E-state index contributed by atoms with van der Waals surface area (Å²) >= 11 is 0. The van der Waals surface area contributed by atoms with Crippen LogP contribution in [0.3, 0.4) is 0 Å². The van der Waals surface area contributed by atoms with Crippen LogP contribution in [0.5, 0.6) is 0 Å². The summed E-state index contributed by atoms with van der Waals surface area (Å²) in [5.41, 5.74) is 4.68. The van der Waals surface area contributed by atoms with E-state index >= 15 is 0 Å². The average molecular weight is 201 g/mol. The van der Waals surface area contributed by atoms with Crippen molar-refractivity contribution in [3.05, 3.63) is 54.4 Å². The van der Waals surface area contributed by atoms with Crippen molar-refractivity contribution < 1.29 is 0 Å². The third-order valence-electron chi connectivity index (χ3n) is 2.12. The molecule has 0 radical (unpaired) electrons. The molecule has 15 heavy (non-hydrogen) atoms. The lowest BCUT2D eigenvalue weighted by atomic mass is 10.0. The highest BCUT2D eigenvalue weighted by Crippen LogP contribution is 2.18. The van der Waals surface area contributed by atoms with E-state index < -0.39 is 0 Å². The van der Waals surface area contributed by atoms with Crippen LogP contribution in [0.4, 0.5) is 0 Å². The monoisotopic (exact) mass is 201 g/mol. The van der Waals surface area contributed by atoms with Gasteiger partial charge in [0.1, 0.15) is 6.33 Å². The topological polar surface area (TPSA) is 76.7 Å². The van der Waals surface area contributed by atoms with E-state index in [4.69, 9.17) is 5.84 Å². The summed E-state index contributed by atoms with van der Waals surface area (Å²) in [6.45, 7) is 0. The van der Waals surface area contributed by atoms with Crippen LogP contribution in [-0.2, 0) is 0 Å². The number of nitrogens with zero attached hydrogens (tertiary/aromatic N) is 3. The van der Waals surface area contributed by atoms with E-state index in [1.54, 1.807) is 24.8 Å². The molecule has 0 aliphatic heterocycles. The Bertz CT molecular complexity index is 363. The number of hydrogen-bond acceptors (Lipinski definition) is 5. The fraction of sp³-hybridized carbons (Fsp3) is 0.100. The molecule has 0 amide bonds. The first kappa shape index (κ1) is 9.70. The predicted molar refractivity (Wildman–Crippen MR) is 55.4 cm³/mol. The van der Waals surface area contributed by atoms with Crippen molar-refractivity contribution in [3.63, 3.8) is 0 Å². The number of aromatic nitrogens is 3. The smallest absolute Gasteiger partial charge is 0.115 e. The molecule has 2 aromatic heterocycles. The standard InChI is InChI=1S/C10H11N5/c11-15-10(8-1-3-12-4-2-8)9-5-13-7-14-6-9/h1-7,10,15H,11H2. The van der Waals surface area contributed by atoms with Gasteiger partial charge in [0.25, 0.3) is 0 Å². The predicted octanol–water partition coefficient (Wildman–Crippen LogP) is 0.424. The molecular weight excluding hydrogens is 190 g/mol. The number of hydrogen-bond donors (Lipinski definition) is 2. The van der Waals surface area contributed by atoms with Gasteiger partial charge in [0, 0.05) is 30.4 Å². The molecule has 0 spiro atoms. The molecule has 0 fully saturated rings. The maximum Gasteiger partial charge on any atom is 0.115 e. The average Bonchev–Trinajstić information content (AvgIpc) is 2.33. The van der Waals surface area contributed by atoms with Crippen molar-refractivity contribution in [2.45, 2.75) is 6.04 Å². The summed E-state index contributed by atoms with van der Waals surface area (Å²) in [6, 6.07) is 3.70. The first-order chi connectivity index (χ1) is 7.42. The molecule has 76 valence electrons. The molecule has 1 atom stereocenters. The lowest BCUT2D eigenvalue weighted by Crippen LogP contribution is -2.29. The Kier molecular flexibility index (Phi) is 2.96. The van der Waals surface area contributed by atoms with Crippen LogP contribution in [0.2, 0.25) is 0 Å². The Labute approximate surface area is 87.4 Å². The maximum atomic E-state index is 5.51. The molecule has 2 heterocycles. The van der Waals surface area contributed by atoms with Crippen LogP contribution in [0.15, 0.2) is 43.2 Å². The number of nitrogens with one attached hydrogen (secondary N) is 1. The molecule has 2 rings (SSSR count). The normalized spacial score (nSPS) is 12.3. The Morgan fingerprint density at radius 2 is 1.67 bits per heavy atom. The molecule has 3 N–H and O–H groups in total. The highest BCUT2D eigenvalue weighted by molar-refractivity contribution is 5.26. The molecule has 1 unspecified atom stereocenters. The minimum absolute atomic E-state index is 0.103. The fourth-order valence-electron chi connectivity index (χ4n) is 1.40. The highest BCUT2D eigenvalue weighted by Gasteiger charge is 2.11. The van der Waals surface area contributed by atoms with E-state index in [2.05, 4.69) is 20.4 Å². The van der Waals surface area contributed by atoms with Gasteiger partial charge in [-0.15, -0.1) is 0 Å². The van der Waals surface area contributed by atoms with Gasteiger partial charge in [-0.1, -0.05) is 0 Å². The molecule has 0 aliphatic rings. The molecule has 5 nitrogen and oxygen atoms in total. The Hall–Kier alpha value is -1.85. The quantitative estimate of drug-likeness (QED) is 0.556. The lowest BCUT2D eigenvalue weighted by Gasteiger charge is -2.15. The van der Waals surface area contributed by atoms with Crippen LogP contribution >= 0.6 is 0 Å². The number of rotatable bonds is 3. The minimum atomic E-state index is -0.103. The van der Waals surface area contributed by atoms with Gasteiger partial charge in [-0.2, -0.15) is 0 Å². The van der Waals surface area contributed by atoms with Gasteiger partial charge in [-0.05, 0) is 17.7 Å². The summed E-state index contributed by atoms with van der Waals surface area (Å²) in [7, 11) is 0. The molecule has 0 bridgehead atoms. The van der Waals surface area contributed by atoms with Gasteiger partial charge in [0.15, 0.2) is 0 Å². The number of hydrazine groups is 1. The zero-order valence-corrected chi connectivity index (χ0v) is 8.04. The molecule has 5 heteroatoms. The zero-order chi connectivity index (χ0) is 10.5. The summed E-state index contributed by atoms with van der Waals surface area (Å²) in [6.07, 6.45) is 8.41. The summed E-state index contributed by atoms with van der Waals surface area (Å²) in [5, 5.41) is 0. The maximum absolute atomic E-state index is 5.51. The lowest BCUT2D eigenvalue weighted by molar-refractivity contribution is 0.631.